The Hall–Kier alpha value is -1.18. The van der Waals surface area contributed by atoms with Gasteiger partial charge in [0.1, 0.15) is 4.75 Å². The first-order valence-corrected chi connectivity index (χ1v) is 9.73. The predicted molar refractivity (Wildman–Crippen MR) is 86.4 cm³/mol. The van der Waals surface area contributed by atoms with Gasteiger partial charge in [0.15, 0.2) is 9.84 Å². The molecule has 3 heterocycles. The Morgan fingerprint density at radius 2 is 2.32 bits per heavy atom. The van der Waals surface area contributed by atoms with Crippen molar-refractivity contribution in [3.8, 4) is 0 Å². The second-order valence-electron chi connectivity index (χ2n) is 5.87. The first-order valence-electron chi connectivity index (χ1n) is 7.20. The molecule has 1 atom stereocenters. The fourth-order valence-corrected chi connectivity index (χ4v) is 6.33. The molecular weight excluding hydrogens is 322 g/mol. The summed E-state index contributed by atoms with van der Waals surface area (Å²) in [4.78, 5) is 14.8. The molecule has 1 aromatic rings. The highest BCUT2D eigenvalue weighted by atomic mass is 32.2. The van der Waals surface area contributed by atoms with Crippen molar-refractivity contribution in [3.63, 3.8) is 0 Å². The Balaban J connectivity index is 1.68. The molecule has 1 amide bonds. The topological polar surface area (TPSA) is 63.7 Å². The van der Waals surface area contributed by atoms with Gasteiger partial charge in [-0.1, -0.05) is 6.07 Å². The quantitative estimate of drug-likeness (QED) is 0.777. The molecule has 0 aliphatic carbocycles. The predicted octanol–water partition coefficient (Wildman–Crippen LogP) is 1.42. The minimum Gasteiger partial charge on any atom is -0.384 e. The Labute approximate surface area is 134 Å². The number of nitrogens with zero attached hydrogens (tertiary/aromatic N) is 1. The van der Waals surface area contributed by atoms with Crippen molar-refractivity contribution in [3.05, 3.63) is 28.5 Å². The smallest absolute Gasteiger partial charge is 0.246 e. The fraction of sp³-hybridized carbons (Fsp3) is 0.533. The summed E-state index contributed by atoms with van der Waals surface area (Å²) in [7, 11) is -1.55. The molecule has 2 saturated heterocycles. The summed E-state index contributed by atoms with van der Waals surface area (Å²) >= 11 is 1.56. The first-order chi connectivity index (χ1) is 10.5. The lowest BCUT2D eigenvalue weighted by atomic mass is 9.83. The molecule has 120 valence electrons. The third-order valence-electron chi connectivity index (χ3n) is 4.63. The van der Waals surface area contributed by atoms with Crippen molar-refractivity contribution in [2.75, 3.05) is 32.6 Å². The highest BCUT2D eigenvalue weighted by Gasteiger charge is 2.62. The highest BCUT2D eigenvalue weighted by Crippen LogP contribution is 2.44. The number of carbonyl (C=O) groups is 1. The molecule has 0 saturated carbocycles. The maximum atomic E-state index is 12.4. The van der Waals surface area contributed by atoms with Crippen LogP contribution in [0.3, 0.4) is 0 Å². The van der Waals surface area contributed by atoms with E-state index in [-0.39, 0.29) is 30.7 Å². The van der Waals surface area contributed by atoms with Crippen molar-refractivity contribution >= 4 is 33.2 Å². The number of likely N-dealkylation sites (tertiary alicyclic amines) is 1. The van der Waals surface area contributed by atoms with Crippen LogP contribution in [0.2, 0.25) is 0 Å². The van der Waals surface area contributed by atoms with E-state index < -0.39 is 14.6 Å². The van der Waals surface area contributed by atoms with Crippen LogP contribution < -0.4 is 0 Å². The summed E-state index contributed by atoms with van der Waals surface area (Å²) in [6, 6.07) is 3.86. The summed E-state index contributed by atoms with van der Waals surface area (Å²) in [5.41, 5.74) is 0. The molecule has 7 heteroatoms. The average molecular weight is 341 g/mol. The third kappa shape index (κ3) is 2.51. The molecule has 0 unspecified atom stereocenters. The van der Waals surface area contributed by atoms with E-state index in [1.807, 2.05) is 17.5 Å². The number of sulfone groups is 1. The van der Waals surface area contributed by atoms with Gasteiger partial charge in [-0.25, -0.2) is 8.42 Å². The largest absolute Gasteiger partial charge is 0.384 e. The molecule has 0 radical (unpaired) electrons. The molecule has 1 spiro atoms. The molecule has 0 N–H and O–H groups in total. The van der Waals surface area contributed by atoms with Gasteiger partial charge in [-0.3, -0.25) is 4.79 Å². The molecule has 22 heavy (non-hydrogen) atoms. The Morgan fingerprint density at radius 3 is 2.95 bits per heavy atom. The van der Waals surface area contributed by atoms with Crippen LogP contribution in [0.5, 0.6) is 0 Å². The van der Waals surface area contributed by atoms with Crippen molar-refractivity contribution < 1.29 is 17.9 Å². The molecule has 2 aliphatic heterocycles. The number of carbonyl (C=O) groups excluding carboxylic acids is 1. The van der Waals surface area contributed by atoms with E-state index in [9.17, 15) is 13.2 Å². The van der Waals surface area contributed by atoms with Crippen molar-refractivity contribution in [2.24, 2.45) is 5.92 Å². The van der Waals surface area contributed by atoms with Crippen LogP contribution in [0.1, 0.15) is 11.3 Å². The minimum absolute atomic E-state index is 0.00664. The van der Waals surface area contributed by atoms with Gasteiger partial charge >= 0.3 is 0 Å². The van der Waals surface area contributed by atoms with E-state index in [0.29, 0.717) is 13.0 Å². The highest BCUT2D eigenvalue weighted by molar-refractivity contribution is 7.93. The van der Waals surface area contributed by atoms with E-state index in [2.05, 4.69) is 0 Å². The molecule has 3 rings (SSSR count). The zero-order valence-electron chi connectivity index (χ0n) is 12.4. The number of hydrogen-bond acceptors (Lipinski definition) is 5. The van der Waals surface area contributed by atoms with Crippen LogP contribution in [0.4, 0.5) is 0 Å². The summed E-state index contributed by atoms with van der Waals surface area (Å²) in [5.74, 6) is 0.0683. The molecule has 0 aromatic carbocycles. The normalized spacial score (nSPS) is 25.7. The van der Waals surface area contributed by atoms with Gasteiger partial charge < -0.3 is 9.64 Å². The second kappa shape index (κ2) is 5.79. The average Bonchev–Trinajstić information content (AvgIpc) is 3.01. The van der Waals surface area contributed by atoms with Gasteiger partial charge in [0.2, 0.25) is 5.91 Å². The van der Waals surface area contributed by atoms with E-state index in [1.54, 1.807) is 29.4 Å². The van der Waals surface area contributed by atoms with Crippen LogP contribution >= 0.6 is 11.3 Å². The number of hydrogen-bond donors (Lipinski definition) is 0. The molecule has 2 fully saturated rings. The van der Waals surface area contributed by atoms with Crippen molar-refractivity contribution in [1.82, 2.24) is 4.90 Å². The number of ether oxygens (including phenoxy) is 1. The fourth-order valence-electron chi connectivity index (χ4n) is 3.31. The van der Waals surface area contributed by atoms with Crippen LogP contribution in [0, 0.1) is 5.92 Å². The molecule has 2 aliphatic rings. The summed E-state index contributed by atoms with van der Waals surface area (Å²) in [6.45, 7) is 1.01. The van der Waals surface area contributed by atoms with E-state index in [1.165, 1.54) is 6.08 Å². The first kappa shape index (κ1) is 15.7. The lowest BCUT2D eigenvalue weighted by molar-refractivity contribution is -0.132. The SMILES string of the molecule is COC[C@@H]1CCS(=O)(=O)C12CN(C(=O)/C=C/c1cccs1)C2. The number of methoxy groups -OCH3 is 1. The standard InChI is InChI=1S/C15H19NO4S2/c1-20-9-12-6-8-22(18,19)15(12)10-16(11-15)14(17)5-4-13-3-2-7-21-13/h2-5,7,12H,6,8-11H2,1H3/b5-4+/t12-/m0/s1. The van der Waals surface area contributed by atoms with Crippen LogP contribution in [-0.2, 0) is 19.4 Å². The lowest BCUT2D eigenvalue weighted by Crippen LogP contribution is -2.68. The van der Waals surface area contributed by atoms with Gasteiger partial charge in [-0.2, -0.15) is 0 Å². The molecule has 0 bridgehead atoms. The molecule has 5 nitrogen and oxygen atoms in total. The van der Waals surface area contributed by atoms with Crippen LogP contribution in [-0.4, -0.2) is 56.5 Å². The van der Waals surface area contributed by atoms with Crippen LogP contribution in [0.25, 0.3) is 6.08 Å². The number of thiophene rings is 1. The Kier molecular flexibility index (Phi) is 4.13. The zero-order valence-corrected chi connectivity index (χ0v) is 14.0. The van der Waals surface area contributed by atoms with Gasteiger partial charge in [0.05, 0.1) is 12.4 Å². The number of amides is 1. The summed E-state index contributed by atoms with van der Waals surface area (Å²) in [6.07, 6.45) is 3.92. The maximum Gasteiger partial charge on any atom is 0.246 e. The Morgan fingerprint density at radius 1 is 1.55 bits per heavy atom. The molecule has 1 aromatic heterocycles. The van der Waals surface area contributed by atoms with E-state index >= 15 is 0 Å². The number of rotatable bonds is 4. The minimum atomic E-state index is -3.14. The Bertz CT molecular complexity index is 672. The lowest BCUT2D eigenvalue weighted by Gasteiger charge is -2.49. The van der Waals surface area contributed by atoms with E-state index in [0.717, 1.165) is 4.88 Å². The van der Waals surface area contributed by atoms with Gasteiger partial charge in [-0.15, -0.1) is 11.3 Å². The third-order valence-corrected chi connectivity index (χ3v) is 8.07. The van der Waals surface area contributed by atoms with Crippen molar-refractivity contribution in [2.45, 2.75) is 11.2 Å². The maximum absolute atomic E-state index is 12.4. The van der Waals surface area contributed by atoms with Crippen LogP contribution in [0.15, 0.2) is 23.6 Å². The monoisotopic (exact) mass is 341 g/mol. The summed E-state index contributed by atoms with van der Waals surface area (Å²) in [5, 5.41) is 1.95. The van der Waals surface area contributed by atoms with Gasteiger partial charge in [0.25, 0.3) is 0 Å². The second-order valence-corrected chi connectivity index (χ2v) is 9.30. The summed E-state index contributed by atoms with van der Waals surface area (Å²) < 4.78 is 29.1. The zero-order chi connectivity index (χ0) is 15.8. The van der Waals surface area contributed by atoms with Gasteiger partial charge in [-0.05, 0) is 23.9 Å². The molecular formula is C15H19NO4S2. The van der Waals surface area contributed by atoms with E-state index in [4.69, 9.17) is 4.74 Å². The van der Waals surface area contributed by atoms with Crippen molar-refractivity contribution in [1.29, 1.82) is 0 Å². The van der Waals surface area contributed by atoms with Gasteiger partial charge in [0, 0.05) is 37.1 Å².